The maximum atomic E-state index is 13.8. The van der Waals surface area contributed by atoms with Crippen LogP contribution in [0, 0.1) is 25.5 Å². The third-order valence-corrected chi connectivity index (χ3v) is 5.56. The average molecular weight is 418 g/mol. The maximum Gasteiger partial charge on any atom is 0.252 e. The molecule has 1 amide bonds. The van der Waals surface area contributed by atoms with Gasteiger partial charge in [-0.25, -0.2) is 8.78 Å². The van der Waals surface area contributed by atoms with Crippen molar-refractivity contribution in [2.45, 2.75) is 30.6 Å². The zero-order valence-corrected chi connectivity index (χ0v) is 16.7. The van der Waals surface area contributed by atoms with Crippen molar-refractivity contribution in [2.24, 2.45) is 0 Å². The SMILES string of the molecule is Cc1noc(C)c1CSc1ccccc1C(=O)NCC(O)c1ccc(F)cc1F. The Kier molecular flexibility index (Phi) is 6.66. The summed E-state index contributed by atoms with van der Waals surface area (Å²) in [6.07, 6.45) is -1.29. The van der Waals surface area contributed by atoms with Crippen molar-refractivity contribution < 1.29 is 23.2 Å². The Bertz CT molecular complexity index is 1000. The molecule has 0 aliphatic heterocycles. The van der Waals surface area contributed by atoms with Crippen molar-refractivity contribution in [3.8, 4) is 0 Å². The number of aromatic nitrogens is 1. The minimum absolute atomic E-state index is 0.0761. The van der Waals surface area contributed by atoms with Gasteiger partial charge in [0.05, 0.1) is 17.4 Å². The van der Waals surface area contributed by atoms with Crippen LogP contribution in [0.2, 0.25) is 0 Å². The number of nitrogens with zero attached hydrogens (tertiary/aromatic N) is 1. The Morgan fingerprint density at radius 3 is 2.69 bits per heavy atom. The fourth-order valence-electron chi connectivity index (χ4n) is 2.80. The van der Waals surface area contributed by atoms with Gasteiger partial charge in [0.25, 0.3) is 5.91 Å². The number of halogens is 2. The normalized spacial score (nSPS) is 12.0. The monoisotopic (exact) mass is 418 g/mol. The van der Waals surface area contributed by atoms with Gasteiger partial charge in [0.2, 0.25) is 0 Å². The smallest absolute Gasteiger partial charge is 0.252 e. The van der Waals surface area contributed by atoms with Crippen LogP contribution in [0.1, 0.15) is 39.0 Å². The third-order valence-electron chi connectivity index (χ3n) is 4.46. The van der Waals surface area contributed by atoms with E-state index in [1.807, 2.05) is 26.0 Å². The first-order chi connectivity index (χ1) is 13.9. The lowest BCUT2D eigenvalue weighted by Crippen LogP contribution is -2.29. The largest absolute Gasteiger partial charge is 0.386 e. The fraction of sp³-hybridized carbons (Fsp3) is 0.238. The summed E-state index contributed by atoms with van der Waals surface area (Å²) in [7, 11) is 0. The van der Waals surface area contributed by atoms with Crippen molar-refractivity contribution in [1.82, 2.24) is 10.5 Å². The molecule has 3 rings (SSSR count). The summed E-state index contributed by atoms with van der Waals surface area (Å²) in [6, 6.07) is 9.99. The van der Waals surface area contributed by atoms with Crippen LogP contribution in [0.25, 0.3) is 0 Å². The van der Waals surface area contributed by atoms with E-state index in [0.29, 0.717) is 17.4 Å². The highest BCUT2D eigenvalue weighted by Crippen LogP contribution is 2.29. The van der Waals surface area contributed by atoms with Gasteiger partial charge in [0.1, 0.15) is 17.4 Å². The molecule has 1 aromatic heterocycles. The van der Waals surface area contributed by atoms with E-state index >= 15 is 0 Å². The zero-order valence-electron chi connectivity index (χ0n) is 15.9. The van der Waals surface area contributed by atoms with Crippen molar-refractivity contribution in [1.29, 1.82) is 0 Å². The number of aliphatic hydroxyl groups is 1. The van der Waals surface area contributed by atoms with Gasteiger partial charge in [-0.2, -0.15) is 0 Å². The van der Waals surface area contributed by atoms with Crippen LogP contribution in [0.3, 0.4) is 0 Å². The lowest BCUT2D eigenvalue weighted by molar-refractivity contribution is 0.0911. The number of carbonyl (C=O) groups excluding carboxylic acids is 1. The summed E-state index contributed by atoms with van der Waals surface area (Å²) in [5, 5.41) is 16.7. The van der Waals surface area contributed by atoms with Crippen molar-refractivity contribution in [2.75, 3.05) is 6.54 Å². The molecule has 0 radical (unpaired) electrons. The van der Waals surface area contributed by atoms with E-state index in [-0.39, 0.29) is 12.1 Å². The Labute approximate surface area is 171 Å². The second kappa shape index (κ2) is 9.19. The minimum Gasteiger partial charge on any atom is -0.386 e. The number of hydrogen-bond donors (Lipinski definition) is 2. The van der Waals surface area contributed by atoms with Gasteiger partial charge in [-0.3, -0.25) is 4.79 Å². The van der Waals surface area contributed by atoms with Crippen LogP contribution in [-0.2, 0) is 5.75 Å². The van der Waals surface area contributed by atoms with Crippen LogP contribution in [0.5, 0.6) is 0 Å². The molecule has 152 valence electrons. The second-order valence-electron chi connectivity index (χ2n) is 6.48. The summed E-state index contributed by atoms with van der Waals surface area (Å²) >= 11 is 1.47. The van der Waals surface area contributed by atoms with Crippen LogP contribution < -0.4 is 5.32 Å². The first kappa shape index (κ1) is 21.0. The molecule has 3 aromatic rings. The number of amides is 1. The molecule has 1 unspecified atom stereocenters. The predicted octanol–water partition coefficient (Wildman–Crippen LogP) is 4.33. The minimum atomic E-state index is -1.29. The van der Waals surface area contributed by atoms with E-state index < -0.39 is 23.6 Å². The lowest BCUT2D eigenvalue weighted by atomic mass is 10.1. The van der Waals surface area contributed by atoms with E-state index in [9.17, 15) is 18.7 Å². The molecule has 2 aromatic carbocycles. The summed E-state index contributed by atoms with van der Waals surface area (Å²) in [4.78, 5) is 13.4. The molecule has 1 heterocycles. The Balaban J connectivity index is 1.66. The highest BCUT2D eigenvalue weighted by Gasteiger charge is 2.17. The summed E-state index contributed by atoms with van der Waals surface area (Å²) in [5.74, 6) is -0.654. The van der Waals surface area contributed by atoms with Gasteiger partial charge in [-0.1, -0.05) is 23.4 Å². The molecular formula is C21H20F2N2O3S. The van der Waals surface area contributed by atoms with Crippen molar-refractivity contribution >= 4 is 17.7 Å². The molecule has 0 spiro atoms. The topological polar surface area (TPSA) is 75.4 Å². The van der Waals surface area contributed by atoms with Crippen LogP contribution in [-0.4, -0.2) is 22.7 Å². The molecule has 0 saturated carbocycles. The molecule has 1 atom stereocenters. The van der Waals surface area contributed by atoms with Gasteiger partial charge in [-0.15, -0.1) is 11.8 Å². The number of aryl methyl sites for hydroxylation is 2. The standard InChI is InChI=1S/C21H20F2N2O3S/c1-12-17(13(2)28-25-12)11-29-20-6-4-3-5-16(20)21(27)24-10-19(26)15-8-7-14(22)9-18(15)23/h3-9,19,26H,10-11H2,1-2H3,(H,24,27). The van der Waals surface area contributed by atoms with E-state index in [4.69, 9.17) is 4.52 Å². The van der Waals surface area contributed by atoms with E-state index in [1.54, 1.807) is 12.1 Å². The Morgan fingerprint density at radius 1 is 1.24 bits per heavy atom. The quantitative estimate of drug-likeness (QED) is 0.559. The molecule has 0 bridgehead atoms. The molecule has 0 aliphatic carbocycles. The van der Waals surface area contributed by atoms with E-state index in [2.05, 4.69) is 10.5 Å². The Morgan fingerprint density at radius 2 is 2.00 bits per heavy atom. The third kappa shape index (κ3) is 5.02. The first-order valence-corrected chi connectivity index (χ1v) is 9.90. The van der Waals surface area contributed by atoms with Crippen LogP contribution >= 0.6 is 11.8 Å². The van der Waals surface area contributed by atoms with Gasteiger partial charge in [-0.05, 0) is 32.0 Å². The summed E-state index contributed by atoms with van der Waals surface area (Å²) in [5.41, 5.74) is 2.15. The van der Waals surface area contributed by atoms with Gasteiger partial charge in [0.15, 0.2) is 0 Å². The average Bonchev–Trinajstić information content (AvgIpc) is 3.02. The number of rotatable bonds is 7. The second-order valence-corrected chi connectivity index (χ2v) is 7.50. The van der Waals surface area contributed by atoms with Crippen LogP contribution in [0.15, 0.2) is 51.9 Å². The summed E-state index contributed by atoms with van der Waals surface area (Å²) in [6.45, 7) is 3.50. The zero-order chi connectivity index (χ0) is 21.0. The first-order valence-electron chi connectivity index (χ1n) is 8.91. The summed E-state index contributed by atoms with van der Waals surface area (Å²) < 4.78 is 32.0. The highest BCUT2D eigenvalue weighted by molar-refractivity contribution is 7.98. The molecule has 5 nitrogen and oxygen atoms in total. The number of carbonyl (C=O) groups is 1. The fourth-order valence-corrected chi connectivity index (χ4v) is 4.01. The van der Waals surface area contributed by atoms with Gasteiger partial charge in [0, 0.05) is 34.4 Å². The maximum absolute atomic E-state index is 13.8. The number of nitrogens with one attached hydrogen (secondary N) is 1. The van der Waals surface area contributed by atoms with Gasteiger partial charge < -0.3 is 14.9 Å². The Hall–Kier alpha value is -2.71. The highest BCUT2D eigenvalue weighted by atomic mass is 32.2. The van der Waals surface area contributed by atoms with Crippen molar-refractivity contribution in [3.05, 3.63) is 82.2 Å². The predicted molar refractivity (Wildman–Crippen MR) is 106 cm³/mol. The molecule has 0 fully saturated rings. The van der Waals surface area contributed by atoms with E-state index in [1.165, 1.54) is 11.8 Å². The number of benzene rings is 2. The molecule has 2 N–H and O–H groups in total. The van der Waals surface area contributed by atoms with Gasteiger partial charge >= 0.3 is 0 Å². The molecular weight excluding hydrogens is 398 g/mol. The van der Waals surface area contributed by atoms with E-state index in [0.717, 1.165) is 34.0 Å². The van der Waals surface area contributed by atoms with Crippen LogP contribution in [0.4, 0.5) is 8.78 Å². The lowest BCUT2D eigenvalue weighted by Gasteiger charge is -2.14. The number of thioether (sulfide) groups is 1. The van der Waals surface area contributed by atoms with Crippen molar-refractivity contribution in [3.63, 3.8) is 0 Å². The molecule has 29 heavy (non-hydrogen) atoms. The number of hydrogen-bond acceptors (Lipinski definition) is 5. The number of aliphatic hydroxyl groups excluding tert-OH is 1. The molecule has 0 saturated heterocycles. The molecule has 8 heteroatoms. The molecule has 0 aliphatic rings.